The summed E-state index contributed by atoms with van der Waals surface area (Å²) in [6, 6.07) is 8.42. The van der Waals surface area contributed by atoms with Crippen molar-refractivity contribution in [3.05, 3.63) is 29.8 Å². The topological polar surface area (TPSA) is 30.5 Å². The van der Waals surface area contributed by atoms with Crippen LogP contribution in [0.4, 0.5) is 0 Å². The zero-order valence-electron chi connectivity index (χ0n) is 9.90. The van der Waals surface area contributed by atoms with Gasteiger partial charge in [0.15, 0.2) is 0 Å². The van der Waals surface area contributed by atoms with Crippen molar-refractivity contribution in [3.8, 4) is 5.75 Å². The summed E-state index contributed by atoms with van der Waals surface area (Å²) >= 11 is 0. The summed E-state index contributed by atoms with van der Waals surface area (Å²) in [4.78, 5) is 0. The van der Waals surface area contributed by atoms with Gasteiger partial charge in [-0.15, -0.1) is 0 Å². The standard InChI is InChI=1S/C13H19NO2/c1-10-3-5-13(6-4-10)16-9-12-8-15-11(2)7-14-12/h3-6,11-12,14H,7-9H2,1-2H3. The number of hydrogen-bond acceptors (Lipinski definition) is 3. The minimum Gasteiger partial charge on any atom is -0.492 e. The number of ether oxygens (including phenoxy) is 2. The van der Waals surface area contributed by atoms with E-state index in [1.54, 1.807) is 0 Å². The summed E-state index contributed by atoms with van der Waals surface area (Å²) in [5.41, 5.74) is 1.25. The van der Waals surface area contributed by atoms with Gasteiger partial charge in [-0.3, -0.25) is 0 Å². The van der Waals surface area contributed by atoms with Crippen molar-refractivity contribution in [1.29, 1.82) is 0 Å². The smallest absolute Gasteiger partial charge is 0.119 e. The van der Waals surface area contributed by atoms with Gasteiger partial charge >= 0.3 is 0 Å². The molecule has 2 atom stereocenters. The zero-order valence-corrected chi connectivity index (χ0v) is 9.90. The van der Waals surface area contributed by atoms with Gasteiger partial charge in [0.2, 0.25) is 0 Å². The molecule has 0 aliphatic carbocycles. The van der Waals surface area contributed by atoms with Crippen LogP contribution < -0.4 is 10.1 Å². The van der Waals surface area contributed by atoms with Crippen LogP contribution in [0.25, 0.3) is 0 Å². The van der Waals surface area contributed by atoms with E-state index < -0.39 is 0 Å². The highest BCUT2D eigenvalue weighted by Crippen LogP contribution is 2.12. The van der Waals surface area contributed by atoms with Crippen molar-refractivity contribution >= 4 is 0 Å². The molecule has 16 heavy (non-hydrogen) atoms. The van der Waals surface area contributed by atoms with Crippen LogP contribution in [0.2, 0.25) is 0 Å². The zero-order chi connectivity index (χ0) is 11.4. The normalized spacial score (nSPS) is 25.4. The summed E-state index contributed by atoms with van der Waals surface area (Å²) in [6.07, 6.45) is 0.315. The Morgan fingerprint density at radius 3 is 2.75 bits per heavy atom. The van der Waals surface area contributed by atoms with Crippen molar-refractivity contribution in [2.75, 3.05) is 19.8 Å². The lowest BCUT2D eigenvalue weighted by Crippen LogP contribution is -2.48. The molecule has 2 unspecified atom stereocenters. The average molecular weight is 221 g/mol. The second-order valence-electron chi connectivity index (χ2n) is 4.37. The highest BCUT2D eigenvalue weighted by atomic mass is 16.5. The Bertz CT molecular complexity index is 315. The fourth-order valence-corrected chi connectivity index (χ4v) is 1.67. The second-order valence-corrected chi connectivity index (χ2v) is 4.37. The van der Waals surface area contributed by atoms with E-state index in [0.29, 0.717) is 18.8 Å². The highest BCUT2D eigenvalue weighted by Gasteiger charge is 2.17. The maximum absolute atomic E-state index is 5.69. The third-order valence-electron chi connectivity index (χ3n) is 2.75. The Balaban J connectivity index is 1.77. The lowest BCUT2D eigenvalue weighted by Gasteiger charge is -2.28. The predicted octanol–water partition coefficient (Wildman–Crippen LogP) is 1.75. The molecular weight excluding hydrogens is 202 g/mol. The van der Waals surface area contributed by atoms with Gasteiger partial charge in [0.1, 0.15) is 12.4 Å². The van der Waals surface area contributed by atoms with E-state index in [0.717, 1.165) is 18.9 Å². The van der Waals surface area contributed by atoms with Crippen LogP contribution in [0.5, 0.6) is 5.75 Å². The molecule has 3 nitrogen and oxygen atoms in total. The number of morpholine rings is 1. The molecule has 0 radical (unpaired) electrons. The van der Waals surface area contributed by atoms with E-state index in [9.17, 15) is 0 Å². The first kappa shape index (κ1) is 11.4. The van der Waals surface area contributed by atoms with E-state index in [1.807, 2.05) is 12.1 Å². The van der Waals surface area contributed by atoms with Crippen molar-refractivity contribution in [3.63, 3.8) is 0 Å². The fraction of sp³-hybridized carbons (Fsp3) is 0.538. The van der Waals surface area contributed by atoms with Crippen molar-refractivity contribution in [2.24, 2.45) is 0 Å². The predicted molar refractivity (Wildman–Crippen MR) is 63.9 cm³/mol. The summed E-state index contributed by atoms with van der Waals surface area (Å²) in [5, 5.41) is 3.40. The molecule has 1 N–H and O–H groups in total. The number of hydrogen-bond donors (Lipinski definition) is 1. The fourth-order valence-electron chi connectivity index (χ4n) is 1.67. The quantitative estimate of drug-likeness (QED) is 0.843. The number of benzene rings is 1. The molecule has 1 heterocycles. The van der Waals surface area contributed by atoms with E-state index in [2.05, 4.69) is 31.3 Å². The van der Waals surface area contributed by atoms with Crippen molar-refractivity contribution < 1.29 is 9.47 Å². The summed E-state index contributed by atoms with van der Waals surface area (Å²) in [6.45, 7) is 6.44. The lowest BCUT2D eigenvalue weighted by atomic mass is 10.2. The third kappa shape index (κ3) is 3.22. The van der Waals surface area contributed by atoms with Gasteiger partial charge < -0.3 is 14.8 Å². The van der Waals surface area contributed by atoms with Gasteiger partial charge in [-0.1, -0.05) is 17.7 Å². The van der Waals surface area contributed by atoms with Crippen molar-refractivity contribution in [1.82, 2.24) is 5.32 Å². The van der Waals surface area contributed by atoms with Gasteiger partial charge in [-0.05, 0) is 26.0 Å². The Morgan fingerprint density at radius 1 is 1.38 bits per heavy atom. The van der Waals surface area contributed by atoms with Gasteiger partial charge in [0, 0.05) is 6.54 Å². The molecule has 1 aromatic carbocycles. The van der Waals surface area contributed by atoms with Gasteiger partial charge in [0.25, 0.3) is 0 Å². The minimum absolute atomic E-state index is 0.303. The Kier molecular flexibility index (Phi) is 3.80. The van der Waals surface area contributed by atoms with Crippen LogP contribution in [-0.4, -0.2) is 31.9 Å². The highest BCUT2D eigenvalue weighted by molar-refractivity contribution is 5.26. The molecule has 1 aliphatic heterocycles. The van der Waals surface area contributed by atoms with Gasteiger partial charge in [-0.25, -0.2) is 0 Å². The molecule has 0 spiro atoms. The van der Waals surface area contributed by atoms with E-state index >= 15 is 0 Å². The molecule has 3 heteroatoms. The first-order valence-electron chi connectivity index (χ1n) is 5.78. The number of rotatable bonds is 3. The number of nitrogens with one attached hydrogen (secondary N) is 1. The largest absolute Gasteiger partial charge is 0.492 e. The Morgan fingerprint density at radius 2 is 2.12 bits per heavy atom. The second kappa shape index (κ2) is 5.32. The van der Waals surface area contributed by atoms with Crippen LogP contribution in [0.3, 0.4) is 0 Å². The first-order valence-corrected chi connectivity index (χ1v) is 5.78. The molecule has 0 aromatic heterocycles. The van der Waals surface area contributed by atoms with Crippen LogP contribution >= 0.6 is 0 Å². The lowest BCUT2D eigenvalue weighted by molar-refractivity contribution is 0.00456. The molecular formula is C13H19NO2. The van der Waals surface area contributed by atoms with Gasteiger partial charge in [0.05, 0.1) is 18.8 Å². The maximum Gasteiger partial charge on any atom is 0.119 e. The molecule has 1 aromatic rings. The SMILES string of the molecule is Cc1ccc(OCC2COC(C)CN2)cc1. The summed E-state index contributed by atoms with van der Waals surface area (Å²) in [5.74, 6) is 0.922. The molecule has 0 amide bonds. The molecule has 0 bridgehead atoms. The van der Waals surface area contributed by atoms with E-state index in [1.165, 1.54) is 5.56 Å². The monoisotopic (exact) mass is 221 g/mol. The van der Waals surface area contributed by atoms with Gasteiger partial charge in [-0.2, -0.15) is 0 Å². The maximum atomic E-state index is 5.69. The van der Waals surface area contributed by atoms with Crippen LogP contribution in [0, 0.1) is 6.92 Å². The molecule has 2 rings (SSSR count). The molecule has 88 valence electrons. The van der Waals surface area contributed by atoms with Crippen LogP contribution in [-0.2, 0) is 4.74 Å². The average Bonchev–Trinajstić information content (AvgIpc) is 2.30. The van der Waals surface area contributed by atoms with Crippen molar-refractivity contribution in [2.45, 2.75) is 26.0 Å². The first-order chi connectivity index (χ1) is 7.74. The van der Waals surface area contributed by atoms with E-state index in [4.69, 9.17) is 9.47 Å². The molecule has 0 saturated carbocycles. The summed E-state index contributed by atoms with van der Waals surface area (Å²) < 4.78 is 11.2. The molecule has 1 saturated heterocycles. The number of aryl methyl sites for hydroxylation is 1. The Labute approximate surface area is 96.8 Å². The Hall–Kier alpha value is -1.06. The molecule has 1 fully saturated rings. The van der Waals surface area contributed by atoms with Crippen LogP contribution in [0.1, 0.15) is 12.5 Å². The van der Waals surface area contributed by atoms with E-state index in [-0.39, 0.29) is 0 Å². The molecule has 1 aliphatic rings. The summed E-state index contributed by atoms with van der Waals surface area (Å²) in [7, 11) is 0. The third-order valence-corrected chi connectivity index (χ3v) is 2.75. The minimum atomic E-state index is 0.303. The van der Waals surface area contributed by atoms with Crippen LogP contribution in [0.15, 0.2) is 24.3 Å².